The number of rotatable bonds is 7. The number of para-hydroxylation sites is 2. The van der Waals surface area contributed by atoms with Crippen molar-refractivity contribution >= 4 is 60.4 Å². The van der Waals surface area contributed by atoms with E-state index in [0.29, 0.717) is 0 Å². The minimum Gasteiger partial charge on any atom is -0.309 e. The van der Waals surface area contributed by atoms with Gasteiger partial charge in [-0.3, -0.25) is 0 Å². The second-order valence-electron chi connectivity index (χ2n) is 14.9. The van der Waals surface area contributed by atoms with E-state index in [2.05, 4.69) is 240 Å². The van der Waals surface area contributed by atoms with Crippen molar-refractivity contribution in [1.29, 1.82) is 0 Å². The molecule has 0 fully saturated rings. The van der Waals surface area contributed by atoms with E-state index in [4.69, 9.17) is 0 Å². The van der Waals surface area contributed by atoms with E-state index in [0.717, 1.165) is 28.3 Å². The Balaban J connectivity index is 1.14. The summed E-state index contributed by atoms with van der Waals surface area (Å²) in [6, 6.07) is 83.7. The summed E-state index contributed by atoms with van der Waals surface area (Å²) in [6.45, 7) is 0. The van der Waals surface area contributed by atoms with Gasteiger partial charge in [0.05, 0.1) is 28.1 Å². The summed E-state index contributed by atoms with van der Waals surface area (Å²) in [7, 11) is 0. The minimum absolute atomic E-state index is 1.09. The zero-order chi connectivity index (χ0) is 38.4. The lowest BCUT2D eigenvalue weighted by molar-refractivity contribution is 1.18. The van der Waals surface area contributed by atoms with Crippen LogP contribution in [0, 0.1) is 0 Å². The van der Waals surface area contributed by atoms with Crippen LogP contribution in [-0.2, 0) is 0 Å². The van der Waals surface area contributed by atoms with Crippen molar-refractivity contribution in [2.45, 2.75) is 0 Å². The first-order valence-corrected chi connectivity index (χ1v) is 19.9. The van der Waals surface area contributed by atoms with Gasteiger partial charge in [-0.1, -0.05) is 188 Å². The average Bonchev–Trinajstić information content (AvgIpc) is 3.64. The SMILES string of the molecule is c1ccc(-c2c(-c3ccc(N(c4ccc5ccccc5c4-c4ccccc4)c4cccc5ccccc45)cc3)cccc2-n2c3ccccc3c3ccccc32)cc1. The van der Waals surface area contributed by atoms with Gasteiger partial charge in [0, 0.05) is 33.0 Å². The molecule has 2 nitrogen and oxygen atoms in total. The van der Waals surface area contributed by atoms with Gasteiger partial charge in [-0.05, 0) is 80.9 Å². The highest BCUT2D eigenvalue weighted by atomic mass is 15.1. The molecule has 0 saturated heterocycles. The topological polar surface area (TPSA) is 8.17 Å². The number of anilines is 3. The van der Waals surface area contributed by atoms with Crippen molar-refractivity contribution in [1.82, 2.24) is 4.57 Å². The summed E-state index contributed by atoms with van der Waals surface area (Å²) in [5.74, 6) is 0. The highest BCUT2D eigenvalue weighted by Crippen LogP contribution is 2.47. The van der Waals surface area contributed by atoms with Crippen LogP contribution in [0.4, 0.5) is 17.1 Å². The molecule has 11 rings (SSSR count). The summed E-state index contributed by atoms with van der Waals surface area (Å²) in [5, 5.41) is 7.36. The normalized spacial score (nSPS) is 11.4. The number of nitrogens with zero attached hydrogens (tertiary/aromatic N) is 2. The Bertz CT molecular complexity index is 3210. The molecule has 58 heavy (non-hydrogen) atoms. The largest absolute Gasteiger partial charge is 0.309 e. The Labute approximate surface area is 338 Å². The fraction of sp³-hybridized carbons (Fsp3) is 0. The molecular formula is C56H38N2. The molecule has 11 aromatic rings. The Morgan fingerprint density at radius 1 is 0.293 bits per heavy atom. The first-order valence-electron chi connectivity index (χ1n) is 19.9. The van der Waals surface area contributed by atoms with Gasteiger partial charge in [0.1, 0.15) is 0 Å². The Kier molecular flexibility index (Phi) is 8.19. The molecule has 0 aliphatic heterocycles. The van der Waals surface area contributed by atoms with Crippen LogP contribution < -0.4 is 4.90 Å². The van der Waals surface area contributed by atoms with E-state index < -0.39 is 0 Å². The third-order valence-corrected chi connectivity index (χ3v) is 11.6. The summed E-state index contributed by atoms with van der Waals surface area (Å²) >= 11 is 0. The molecule has 0 saturated carbocycles. The van der Waals surface area contributed by atoms with Crippen molar-refractivity contribution in [2.75, 3.05) is 4.90 Å². The molecule has 0 aliphatic rings. The Hall–Kier alpha value is -7.68. The molecule has 0 radical (unpaired) electrons. The molecule has 0 amide bonds. The molecule has 272 valence electrons. The first kappa shape index (κ1) is 33.6. The third kappa shape index (κ3) is 5.57. The van der Waals surface area contributed by atoms with Crippen molar-refractivity contribution in [3.63, 3.8) is 0 Å². The summed E-state index contributed by atoms with van der Waals surface area (Å²) in [6.07, 6.45) is 0. The second-order valence-corrected chi connectivity index (χ2v) is 14.9. The molecule has 2 heteroatoms. The lowest BCUT2D eigenvalue weighted by atomic mass is 9.92. The number of benzene rings is 10. The van der Waals surface area contributed by atoms with Crippen LogP contribution in [0.3, 0.4) is 0 Å². The zero-order valence-electron chi connectivity index (χ0n) is 31.8. The maximum Gasteiger partial charge on any atom is 0.0546 e. The predicted molar refractivity (Wildman–Crippen MR) is 247 cm³/mol. The number of fused-ring (bicyclic) bond motifs is 5. The minimum atomic E-state index is 1.09. The quantitative estimate of drug-likeness (QED) is 0.158. The van der Waals surface area contributed by atoms with Gasteiger partial charge < -0.3 is 9.47 Å². The van der Waals surface area contributed by atoms with Gasteiger partial charge in [-0.15, -0.1) is 0 Å². The van der Waals surface area contributed by atoms with E-state index in [1.807, 2.05) is 0 Å². The second kappa shape index (κ2) is 14.1. The summed E-state index contributed by atoms with van der Waals surface area (Å²) in [4.78, 5) is 2.45. The highest BCUT2D eigenvalue weighted by molar-refractivity contribution is 6.11. The number of hydrogen-bond acceptors (Lipinski definition) is 1. The monoisotopic (exact) mass is 738 g/mol. The van der Waals surface area contributed by atoms with E-state index >= 15 is 0 Å². The van der Waals surface area contributed by atoms with Crippen LogP contribution in [0.5, 0.6) is 0 Å². The average molecular weight is 739 g/mol. The maximum absolute atomic E-state index is 2.45. The van der Waals surface area contributed by atoms with E-state index in [1.54, 1.807) is 0 Å². The van der Waals surface area contributed by atoms with Crippen LogP contribution >= 0.6 is 0 Å². The summed E-state index contributed by atoms with van der Waals surface area (Å²) < 4.78 is 2.44. The third-order valence-electron chi connectivity index (χ3n) is 11.6. The smallest absolute Gasteiger partial charge is 0.0546 e. The standard InChI is InChI=1S/C56H38N2/c1-3-19-42(20-4-1)55-47(28-16-32-53(55)58-51-29-13-11-26-48(51)49-27-12-14-30-52(49)58)41-33-36-44(37-34-41)57(50-31-15-23-39-17-7-9-24-45(39)50)54-38-35-40-18-8-10-25-46(40)56(54)43-21-5-2-6-22-43/h1-38H. The molecule has 1 aromatic heterocycles. The van der Waals surface area contributed by atoms with Gasteiger partial charge in [0.2, 0.25) is 0 Å². The molecule has 0 unspecified atom stereocenters. The van der Waals surface area contributed by atoms with Crippen LogP contribution in [0.2, 0.25) is 0 Å². The fourth-order valence-corrected chi connectivity index (χ4v) is 9.01. The molecule has 0 spiro atoms. The molecule has 0 aliphatic carbocycles. The van der Waals surface area contributed by atoms with Crippen molar-refractivity contribution < 1.29 is 0 Å². The van der Waals surface area contributed by atoms with Crippen LogP contribution in [0.1, 0.15) is 0 Å². The van der Waals surface area contributed by atoms with Crippen LogP contribution in [0.25, 0.3) is 82.4 Å². The first-order chi connectivity index (χ1) is 28.8. The van der Waals surface area contributed by atoms with Crippen molar-refractivity contribution in [3.05, 3.63) is 231 Å². The van der Waals surface area contributed by atoms with E-state index in [9.17, 15) is 0 Å². The van der Waals surface area contributed by atoms with Gasteiger partial charge in [0.15, 0.2) is 0 Å². The molecule has 0 N–H and O–H groups in total. The molecule has 0 atom stereocenters. The lowest BCUT2D eigenvalue weighted by Gasteiger charge is -2.30. The van der Waals surface area contributed by atoms with Crippen LogP contribution in [0.15, 0.2) is 231 Å². The van der Waals surface area contributed by atoms with Gasteiger partial charge in [0.25, 0.3) is 0 Å². The zero-order valence-corrected chi connectivity index (χ0v) is 31.8. The molecular weight excluding hydrogens is 701 g/mol. The van der Waals surface area contributed by atoms with Gasteiger partial charge >= 0.3 is 0 Å². The van der Waals surface area contributed by atoms with Gasteiger partial charge in [-0.2, -0.15) is 0 Å². The van der Waals surface area contributed by atoms with E-state index in [-0.39, 0.29) is 0 Å². The number of aromatic nitrogens is 1. The Morgan fingerprint density at radius 3 is 1.48 bits per heavy atom. The maximum atomic E-state index is 2.45. The number of hydrogen-bond donors (Lipinski definition) is 0. The lowest BCUT2D eigenvalue weighted by Crippen LogP contribution is -2.12. The summed E-state index contributed by atoms with van der Waals surface area (Å²) in [5.41, 5.74) is 14.0. The van der Waals surface area contributed by atoms with E-state index in [1.165, 1.54) is 71.2 Å². The molecule has 10 aromatic carbocycles. The van der Waals surface area contributed by atoms with Crippen molar-refractivity contribution in [2.24, 2.45) is 0 Å². The molecule has 0 bridgehead atoms. The van der Waals surface area contributed by atoms with Crippen molar-refractivity contribution in [3.8, 4) is 39.1 Å². The molecule has 1 heterocycles. The van der Waals surface area contributed by atoms with Gasteiger partial charge in [-0.25, -0.2) is 0 Å². The Morgan fingerprint density at radius 2 is 0.810 bits per heavy atom. The van der Waals surface area contributed by atoms with Crippen LogP contribution in [-0.4, -0.2) is 4.57 Å². The highest BCUT2D eigenvalue weighted by Gasteiger charge is 2.23. The predicted octanol–water partition coefficient (Wildman–Crippen LogP) is 15.6. The fourth-order valence-electron chi connectivity index (χ4n) is 9.01.